The number of carbonyl (C=O) groups excluding carboxylic acids is 4. The van der Waals surface area contributed by atoms with Crippen LogP contribution in [0.3, 0.4) is 0 Å². The van der Waals surface area contributed by atoms with E-state index in [1.165, 1.54) is 16.8 Å². The van der Waals surface area contributed by atoms with Crippen molar-refractivity contribution in [2.24, 2.45) is 36.1 Å². The molecule has 12 heteroatoms. The number of allylic oxidation sites excluding steroid dienone is 2. The van der Waals surface area contributed by atoms with Gasteiger partial charge in [-0.15, -0.1) is 11.3 Å². The minimum atomic E-state index is -1.17. The van der Waals surface area contributed by atoms with Gasteiger partial charge in [0.15, 0.2) is 0 Å². The van der Waals surface area contributed by atoms with Crippen molar-refractivity contribution in [1.82, 2.24) is 14.7 Å². The SMILES string of the molecule is Cc1c(-c2cc(N3C(=O)[C@@H]4C[C@@H]5C(=CC[C@@H]6C(=O)N(C)C(=O)[C@@H]65)[C@H](c5ccc(OCCO)cc5)[C@]4(C)C3=O)n(C)n2)sc2ccc(Cl)cc12. The number of rotatable bonds is 6. The molecule has 2 aliphatic heterocycles. The number of aliphatic hydroxyl groups excluding tert-OH is 1. The lowest BCUT2D eigenvalue weighted by molar-refractivity contribution is -0.138. The van der Waals surface area contributed by atoms with Gasteiger partial charge in [0.2, 0.25) is 23.6 Å². The number of imide groups is 2. The highest BCUT2D eigenvalue weighted by Gasteiger charge is 2.67. The van der Waals surface area contributed by atoms with E-state index in [4.69, 9.17) is 21.4 Å². The summed E-state index contributed by atoms with van der Waals surface area (Å²) < 4.78 is 8.26. The van der Waals surface area contributed by atoms with Gasteiger partial charge in [0.25, 0.3) is 0 Å². The van der Waals surface area contributed by atoms with E-state index in [9.17, 15) is 24.3 Å². The molecule has 0 spiro atoms. The van der Waals surface area contributed by atoms with Gasteiger partial charge in [-0.1, -0.05) is 35.4 Å². The van der Waals surface area contributed by atoms with E-state index in [-0.39, 0.29) is 49.2 Å². The molecule has 0 radical (unpaired) electrons. The molecule has 4 aliphatic rings. The first-order valence-corrected chi connectivity index (χ1v) is 17.6. The standard InChI is InChI=1S/C37H35ClN4O6S/c1-18-24-15-20(38)7-12-28(24)49-32(18)27-17-29(41(4)39-27)42-34(45)26-16-25-22(10-11-23-30(25)35(46)40(3)33(23)44)31(37(26,2)36(42)47)19-5-8-21(9-6-19)48-14-13-43/h5-10,12,15,17,23,25-26,30-31,43H,11,13-14,16H2,1-4H3/t23-,25+,26-,30-,31-,37+/m0/s1. The number of carbonyl (C=O) groups is 4. The normalized spacial score (nSPS) is 27.9. The predicted molar refractivity (Wildman–Crippen MR) is 185 cm³/mol. The quantitative estimate of drug-likeness (QED) is 0.209. The topological polar surface area (TPSA) is 122 Å². The van der Waals surface area contributed by atoms with Crippen molar-refractivity contribution >= 4 is 62.5 Å². The predicted octanol–water partition coefficient (Wildman–Crippen LogP) is 5.50. The highest BCUT2D eigenvalue weighted by molar-refractivity contribution is 7.22. The van der Waals surface area contributed by atoms with Crippen molar-refractivity contribution in [3.8, 4) is 16.3 Å². The molecular weight excluding hydrogens is 664 g/mol. The Kier molecular flexibility index (Phi) is 7.40. The Morgan fingerprint density at radius 2 is 1.78 bits per heavy atom. The van der Waals surface area contributed by atoms with Gasteiger partial charge in [0.05, 0.1) is 34.7 Å². The van der Waals surface area contributed by atoms with Gasteiger partial charge in [-0.25, -0.2) is 4.90 Å². The van der Waals surface area contributed by atoms with E-state index in [0.717, 1.165) is 31.7 Å². The van der Waals surface area contributed by atoms with Crippen LogP contribution in [0.1, 0.15) is 36.8 Å². The van der Waals surface area contributed by atoms with Crippen molar-refractivity contribution in [3.63, 3.8) is 0 Å². The summed E-state index contributed by atoms with van der Waals surface area (Å²) in [4.78, 5) is 59.7. The Morgan fingerprint density at radius 3 is 2.51 bits per heavy atom. The summed E-state index contributed by atoms with van der Waals surface area (Å²) in [6, 6.07) is 14.9. The summed E-state index contributed by atoms with van der Waals surface area (Å²) >= 11 is 7.87. The zero-order valence-electron chi connectivity index (χ0n) is 27.5. The Bertz CT molecular complexity index is 2120. The highest BCUT2D eigenvalue weighted by atomic mass is 35.5. The lowest BCUT2D eigenvalue weighted by atomic mass is 9.51. The summed E-state index contributed by atoms with van der Waals surface area (Å²) in [7, 11) is 3.26. The molecule has 49 heavy (non-hydrogen) atoms. The molecule has 0 bridgehead atoms. The largest absolute Gasteiger partial charge is 0.491 e. The molecule has 1 saturated carbocycles. The molecule has 4 amide bonds. The van der Waals surface area contributed by atoms with Crippen LogP contribution < -0.4 is 9.64 Å². The monoisotopic (exact) mass is 698 g/mol. The van der Waals surface area contributed by atoms with Crippen LogP contribution in [0.25, 0.3) is 20.7 Å². The third kappa shape index (κ3) is 4.51. The number of ether oxygens (including phenoxy) is 1. The third-order valence-corrected chi connectivity index (χ3v) is 12.8. The van der Waals surface area contributed by atoms with Crippen molar-refractivity contribution < 1.29 is 29.0 Å². The first-order valence-electron chi connectivity index (χ1n) is 16.4. The molecule has 0 unspecified atom stereocenters. The van der Waals surface area contributed by atoms with Gasteiger partial charge in [0.1, 0.15) is 23.9 Å². The van der Waals surface area contributed by atoms with Crippen LogP contribution in [-0.2, 0) is 26.2 Å². The minimum Gasteiger partial charge on any atom is -0.491 e. The lowest BCUT2D eigenvalue weighted by Gasteiger charge is -2.49. The van der Waals surface area contributed by atoms with E-state index in [1.807, 2.05) is 50.3 Å². The summed E-state index contributed by atoms with van der Waals surface area (Å²) in [6.45, 7) is 3.90. The van der Waals surface area contributed by atoms with Crippen molar-refractivity contribution in [3.05, 3.63) is 76.3 Å². The second-order valence-electron chi connectivity index (χ2n) is 13.7. The van der Waals surface area contributed by atoms with Gasteiger partial charge >= 0.3 is 0 Å². The van der Waals surface area contributed by atoms with E-state index in [2.05, 4.69) is 0 Å². The minimum absolute atomic E-state index is 0.124. The van der Waals surface area contributed by atoms with Crippen LogP contribution in [0.2, 0.25) is 5.02 Å². The lowest BCUT2D eigenvalue weighted by Crippen LogP contribution is -2.48. The number of hydrogen-bond acceptors (Lipinski definition) is 8. The van der Waals surface area contributed by atoms with Crippen molar-refractivity contribution in [1.29, 1.82) is 0 Å². The van der Waals surface area contributed by atoms with Crippen LogP contribution in [0.4, 0.5) is 5.82 Å². The van der Waals surface area contributed by atoms with E-state index < -0.39 is 29.1 Å². The fraction of sp³-hybridized carbons (Fsp3) is 0.378. The molecule has 10 nitrogen and oxygen atoms in total. The number of thiophene rings is 1. The second-order valence-corrected chi connectivity index (χ2v) is 15.2. The van der Waals surface area contributed by atoms with Crippen LogP contribution in [-0.4, -0.2) is 63.7 Å². The number of aryl methyl sites for hydroxylation is 2. The summed E-state index contributed by atoms with van der Waals surface area (Å²) in [6.07, 6.45) is 2.72. The molecule has 3 fully saturated rings. The molecular formula is C37H35ClN4O6S. The van der Waals surface area contributed by atoms with Crippen molar-refractivity contribution in [2.75, 3.05) is 25.2 Å². The van der Waals surface area contributed by atoms with Crippen molar-refractivity contribution in [2.45, 2.75) is 32.6 Å². The van der Waals surface area contributed by atoms with Crippen LogP contribution >= 0.6 is 22.9 Å². The number of halogens is 1. The molecule has 2 saturated heterocycles. The first kappa shape index (κ1) is 31.9. The average molecular weight is 699 g/mol. The van der Waals surface area contributed by atoms with Gasteiger partial charge in [0, 0.05) is 35.8 Å². The number of hydrogen-bond donors (Lipinski definition) is 1. The number of benzene rings is 2. The molecule has 8 rings (SSSR count). The molecule has 6 atom stereocenters. The van der Waals surface area contributed by atoms with E-state index in [0.29, 0.717) is 28.7 Å². The maximum atomic E-state index is 14.9. The summed E-state index contributed by atoms with van der Waals surface area (Å²) in [5, 5.41) is 15.7. The van der Waals surface area contributed by atoms with Crippen LogP contribution in [0.15, 0.2) is 60.2 Å². The average Bonchev–Trinajstić information content (AvgIpc) is 3.75. The number of amides is 4. The molecule has 4 heterocycles. The van der Waals surface area contributed by atoms with Crippen LogP contribution in [0.5, 0.6) is 5.75 Å². The maximum absolute atomic E-state index is 14.9. The van der Waals surface area contributed by atoms with E-state index in [1.54, 1.807) is 41.3 Å². The van der Waals surface area contributed by atoms with Gasteiger partial charge in [-0.05, 0) is 79.5 Å². The Hall–Kier alpha value is -4.32. The molecule has 2 aromatic heterocycles. The number of likely N-dealkylation sites (tertiary alicyclic amines) is 1. The first-order chi connectivity index (χ1) is 23.4. The molecule has 4 aromatic rings. The van der Waals surface area contributed by atoms with Gasteiger partial charge < -0.3 is 9.84 Å². The molecule has 2 aliphatic carbocycles. The Labute approximate surface area is 291 Å². The van der Waals surface area contributed by atoms with E-state index >= 15 is 0 Å². The number of anilines is 1. The number of aromatic nitrogens is 2. The highest BCUT2D eigenvalue weighted by Crippen LogP contribution is 2.63. The second kappa shape index (κ2) is 11.4. The molecule has 2 aromatic carbocycles. The zero-order chi connectivity index (χ0) is 34.5. The smallest absolute Gasteiger partial charge is 0.242 e. The number of fused-ring (bicyclic) bond motifs is 5. The Morgan fingerprint density at radius 1 is 1.02 bits per heavy atom. The molecule has 252 valence electrons. The maximum Gasteiger partial charge on any atom is 0.242 e. The van der Waals surface area contributed by atoms with Crippen LogP contribution in [0, 0.1) is 36.0 Å². The van der Waals surface area contributed by atoms with Gasteiger partial charge in [-0.3, -0.25) is 28.8 Å². The number of nitrogens with zero attached hydrogens (tertiary/aromatic N) is 4. The number of aliphatic hydroxyl groups is 1. The molecule has 1 N–H and O–H groups in total. The zero-order valence-corrected chi connectivity index (χ0v) is 29.0. The fourth-order valence-corrected chi connectivity index (χ4v) is 10.2. The third-order valence-electron chi connectivity index (χ3n) is 11.3. The van der Waals surface area contributed by atoms with Gasteiger partial charge in [-0.2, -0.15) is 5.10 Å². The fourth-order valence-electron chi connectivity index (χ4n) is 8.91. The summed E-state index contributed by atoms with van der Waals surface area (Å²) in [5.41, 5.74) is 2.24. The Balaban J connectivity index is 1.23. The summed E-state index contributed by atoms with van der Waals surface area (Å²) in [5.74, 6) is -2.84.